The Kier molecular flexibility index (Phi) is 6.33. The second kappa shape index (κ2) is 9.09. The highest BCUT2D eigenvalue weighted by molar-refractivity contribution is 6.31. The largest absolute Gasteiger partial charge is 0.493 e. The molecule has 2 aromatic carbocycles. The van der Waals surface area contributed by atoms with Gasteiger partial charge in [-0.3, -0.25) is 4.79 Å². The first-order valence-electron chi connectivity index (χ1n) is 8.49. The van der Waals surface area contributed by atoms with Crippen molar-refractivity contribution >= 4 is 23.2 Å². The lowest BCUT2D eigenvalue weighted by Gasteiger charge is -2.14. The topological polar surface area (TPSA) is 90.3 Å². The molecule has 9 heteroatoms. The van der Waals surface area contributed by atoms with Gasteiger partial charge >= 0.3 is 0 Å². The first-order valence-corrected chi connectivity index (χ1v) is 8.87. The summed E-state index contributed by atoms with van der Waals surface area (Å²) in [6.07, 6.45) is 3.07. The van der Waals surface area contributed by atoms with Crippen molar-refractivity contribution in [2.45, 2.75) is 13.5 Å². The number of methoxy groups -OCH3 is 1. The molecule has 0 radical (unpaired) electrons. The normalized spacial score (nSPS) is 10.4. The molecule has 2 N–H and O–H groups in total. The van der Waals surface area contributed by atoms with Crippen molar-refractivity contribution < 1.29 is 14.3 Å². The predicted octanol–water partition coefficient (Wildman–Crippen LogP) is 3.01. The van der Waals surface area contributed by atoms with Crippen molar-refractivity contribution in [3.63, 3.8) is 0 Å². The third-order valence-electron chi connectivity index (χ3n) is 3.90. The number of nitrogens with one attached hydrogen (secondary N) is 2. The smallest absolute Gasteiger partial charge is 0.262 e. The maximum Gasteiger partial charge on any atom is 0.262 e. The lowest BCUT2D eigenvalue weighted by molar-refractivity contribution is -0.118. The molecule has 1 aromatic heterocycles. The summed E-state index contributed by atoms with van der Waals surface area (Å²) in [4.78, 5) is 12.1. The summed E-state index contributed by atoms with van der Waals surface area (Å²) in [5.74, 6) is 0.591. The summed E-state index contributed by atoms with van der Waals surface area (Å²) in [7, 11) is 1.53. The van der Waals surface area contributed by atoms with Crippen LogP contribution in [-0.2, 0) is 11.3 Å². The van der Waals surface area contributed by atoms with Gasteiger partial charge in [0.25, 0.3) is 5.91 Å². The number of amides is 1. The Morgan fingerprint density at radius 1 is 1.14 bits per heavy atom. The number of aryl methyl sites for hydroxylation is 1. The lowest BCUT2D eigenvalue weighted by atomic mass is 10.2. The van der Waals surface area contributed by atoms with Crippen LogP contribution in [-0.4, -0.2) is 34.5 Å². The second-order valence-corrected chi connectivity index (χ2v) is 6.41. The zero-order chi connectivity index (χ0) is 19.9. The average molecular weight is 402 g/mol. The minimum atomic E-state index is -0.277. The van der Waals surface area contributed by atoms with E-state index in [0.29, 0.717) is 28.8 Å². The Bertz CT molecular complexity index is 929. The van der Waals surface area contributed by atoms with Gasteiger partial charge in [0.15, 0.2) is 18.1 Å². The summed E-state index contributed by atoms with van der Waals surface area (Å²) in [6.45, 7) is 2.25. The van der Waals surface area contributed by atoms with Crippen LogP contribution in [0.4, 0.5) is 5.69 Å². The van der Waals surface area contributed by atoms with Gasteiger partial charge in [0.1, 0.15) is 12.7 Å². The molecule has 0 fully saturated rings. The van der Waals surface area contributed by atoms with E-state index in [0.717, 1.165) is 11.1 Å². The highest BCUT2D eigenvalue weighted by Gasteiger charge is 2.13. The van der Waals surface area contributed by atoms with E-state index in [4.69, 9.17) is 21.1 Å². The second-order valence-electron chi connectivity index (χ2n) is 6.00. The van der Waals surface area contributed by atoms with Crippen LogP contribution in [0.1, 0.15) is 11.1 Å². The van der Waals surface area contributed by atoms with E-state index in [1.807, 2.05) is 31.2 Å². The number of ether oxygens (including phenoxy) is 2. The highest BCUT2D eigenvalue weighted by atomic mass is 35.5. The highest BCUT2D eigenvalue weighted by Crippen LogP contribution is 2.33. The Hall–Kier alpha value is -3.26. The third kappa shape index (κ3) is 5.14. The van der Waals surface area contributed by atoms with Crippen molar-refractivity contribution in [2.24, 2.45) is 0 Å². The third-order valence-corrected chi connectivity index (χ3v) is 4.25. The maximum atomic E-state index is 12.1. The molecule has 0 spiro atoms. The van der Waals surface area contributed by atoms with Crippen LogP contribution in [0.2, 0.25) is 5.02 Å². The molecular weight excluding hydrogens is 382 g/mol. The quantitative estimate of drug-likeness (QED) is 0.603. The molecule has 3 rings (SSSR count). The SMILES string of the molecule is COc1cc(CNn2cnnc2)c(Cl)cc1OCC(=O)Nc1ccc(C)cc1. The van der Waals surface area contributed by atoms with Gasteiger partial charge in [0, 0.05) is 16.8 Å². The van der Waals surface area contributed by atoms with Gasteiger partial charge in [-0.15, -0.1) is 10.2 Å². The van der Waals surface area contributed by atoms with Crippen LogP contribution in [0.5, 0.6) is 11.5 Å². The maximum absolute atomic E-state index is 12.1. The molecule has 1 heterocycles. The molecule has 8 nitrogen and oxygen atoms in total. The summed E-state index contributed by atoms with van der Waals surface area (Å²) >= 11 is 6.34. The molecule has 0 atom stereocenters. The van der Waals surface area contributed by atoms with Crippen LogP contribution in [0.15, 0.2) is 49.1 Å². The zero-order valence-electron chi connectivity index (χ0n) is 15.5. The molecular formula is C19H20ClN5O3. The molecule has 0 aliphatic heterocycles. The Morgan fingerprint density at radius 2 is 1.86 bits per heavy atom. The van der Waals surface area contributed by atoms with E-state index < -0.39 is 0 Å². The van der Waals surface area contributed by atoms with Crippen molar-refractivity contribution in [2.75, 3.05) is 24.5 Å². The van der Waals surface area contributed by atoms with Crippen LogP contribution in [0, 0.1) is 6.92 Å². The van der Waals surface area contributed by atoms with E-state index in [1.54, 1.807) is 16.8 Å². The summed E-state index contributed by atoms with van der Waals surface area (Å²) in [6, 6.07) is 10.9. The van der Waals surface area contributed by atoms with Gasteiger partial charge in [0.05, 0.1) is 13.7 Å². The van der Waals surface area contributed by atoms with Gasteiger partial charge in [0.2, 0.25) is 0 Å². The standard InChI is InChI=1S/C19H20ClN5O3/c1-13-3-5-15(6-4-13)24-19(26)10-28-18-8-16(20)14(7-17(18)27-2)9-23-25-11-21-22-12-25/h3-8,11-12,23H,9-10H2,1-2H3,(H,24,26). The molecule has 1 amide bonds. The number of rotatable bonds is 8. The molecule has 0 saturated carbocycles. The van der Waals surface area contributed by atoms with Gasteiger partial charge in [-0.2, -0.15) is 0 Å². The number of aromatic nitrogens is 3. The van der Waals surface area contributed by atoms with Crippen molar-refractivity contribution in [3.05, 3.63) is 65.2 Å². The first kappa shape index (κ1) is 19.5. The number of carbonyl (C=O) groups excluding carboxylic acids is 1. The molecule has 3 aromatic rings. The average Bonchev–Trinajstić information content (AvgIpc) is 3.21. The monoisotopic (exact) mass is 401 g/mol. The molecule has 0 saturated heterocycles. The van der Waals surface area contributed by atoms with Gasteiger partial charge in [-0.25, -0.2) is 4.68 Å². The Balaban J connectivity index is 1.61. The molecule has 146 valence electrons. The van der Waals surface area contributed by atoms with Crippen LogP contribution < -0.4 is 20.2 Å². The van der Waals surface area contributed by atoms with E-state index in [9.17, 15) is 4.79 Å². The summed E-state index contributed by atoms with van der Waals surface area (Å²) in [5, 5.41) is 10.7. The van der Waals surface area contributed by atoms with Crippen LogP contribution in [0.3, 0.4) is 0 Å². The van der Waals surface area contributed by atoms with E-state index in [2.05, 4.69) is 20.9 Å². The van der Waals surface area contributed by atoms with E-state index in [1.165, 1.54) is 19.8 Å². The molecule has 0 bridgehead atoms. The minimum absolute atomic E-state index is 0.168. The Labute approximate surface area is 167 Å². The lowest BCUT2D eigenvalue weighted by Crippen LogP contribution is -2.20. The van der Waals surface area contributed by atoms with Crippen LogP contribution >= 0.6 is 11.6 Å². The van der Waals surface area contributed by atoms with Crippen molar-refractivity contribution in [1.82, 2.24) is 14.9 Å². The number of anilines is 1. The summed E-state index contributed by atoms with van der Waals surface area (Å²) < 4.78 is 12.6. The Morgan fingerprint density at radius 3 is 2.54 bits per heavy atom. The number of halogens is 1. The van der Waals surface area contributed by atoms with E-state index >= 15 is 0 Å². The fraction of sp³-hybridized carbons (Fsp3) is 0.211. The number of nitrogens with zero attached hydrogens (tertiary/aromatic N) is 3. The van der Waals surface area contributed by atoms with Gasteiger partial charge in [-0.1, -0.05) is 29.3 Å². The first-order chi connectivity index (χ1) is 13.5. The fourth-order valence-electron chi connectivity index (χ4n) is 2.42. The fourth-order valence-corrected chi connectivity index (χ4v) is 2.64. The van der Waals surface area contributed by atoms with Crippen molar-refractivity contribution in [1.29, 1.82) is 0 Å². The zero-order valence-corrected chi connectivity index (χ0v) is 16.2. The van der Waals surface area contributed by atoms with Crippen LogP contribution in [0.25, 0.3) is 0 Å². The molecule has 0 aliphatic carbocycles. The van der Waals surface area contributed by atoms with E-state index in [-0.39, 0.29) is 12.5 Å². The number of hydrogen-bond acceptors (Lipinski definition) is 6. The number of benzene rings is 2. The number of hydrogen-bond donors (Lipinski definition) is 2. The van der Waals surface area contributed by atoms with Crippen molar-refractivity contribution in [3.8, 4) is 11.5 Å². The summed E-state index contributed by atoms with van der Waals surface area (Å²) in [5.41, 5.74) is 5.70. The predicted molar refractivity (Wildman–Crippen MR) is 106 cm³/mol. The molecule has 0 unspecified atom stereocenters. The minimum Gasteiger partial charge on any atom is -0.493 e. The van der Waals surface area contributed by atoms with Gasteiger partial charge < -0.3 is 20.2 Å². The number of carbonyl (C=O) groups is 1. The van der Waals surface area contributed by atoms with Gasteiger partial charge in [-0.05, 0) is 30.7 Å². The molecule has 28 heavy (non-hydrogen) atoms. The molecule has 0 aliphatic rings.